The quantitative estimate of drug-likeness (QED) is 0.872. The lowest BCUT2D eigenvalue weighted by molar-refractivity contribution is -0.128. The molecule has 24 heavy (non-hydrogen) atoms. The fraction of sp³-hybridized carbons (Fsp3) is 0.471. The fourth-order valence-electron chi connectivity index (χ4n) is 3.19. The first-order valence-electron chi connectivity index (χ1n) is 8.10. The third-order valence-corrected chi connectivity index (χ3v) is 4.44. The molecule has 0 radical (unpaired) electrons. The van der Waals surface area contributed by atoms with Crippen LogP contribution in [0.1, 0.15) is 43.0 Å². The summed E-state index contributed by atoms with van der Waals surface area (Å²) >= 11 is 0. The Morgan fingerprint density at radius 2 is 2.04 bits per heavy atom. The molecule has 1 aliphatic heterocycles. The van der Waals surface area contributed by atoms with E-state index in [-0.39, 0.29) is 30.0 Å². The summed E-state index contributed by atoms with van der Waals surface area (Å²) in [5.74, 6) is -1.29. The summed E-state index contributed by atoms with van der Waals surface area (Å²) in [5, 5.41) is 12.0. The highest BCUT2D eigenvalue weighted by Gasteiger charge is 2.33. The van der Waals surface area contributed by atoms with Crippen molar-refractivity contribution in [3.63, 3.8) is 0 Å². The third kappa shape index (κ3) is 3.20. The number of amides is 2. The van der Waals surface area contributed by atoms with Gasteiger partial charge in [-0.15, -0.1) is 0 Å². The van der Waals surface area contributed by atoms with Crippen molar-refractivity contribution in [2.24, 2.45) is 0 Å². The molecule has 1 heterocycles. The summed E-state index contributed by atoms with van der Waals surface area (Å²) in [6.07, 6.45) is 3.40. The Kier molecular flexibility index (Phi) is 4.42. The predicted octanol–water partition coefficient (Wildman–Crippen LogP) is 1.56. The van der Waals surface area contributed by atoms with Crippen LogP contribution in [0.5, 0.6) is 5.75 Å². The number of carbonyl (C=O) groups is 3. The molecule has 2 aliphatic rings. The van der Waals surface area contributed by atoms with Gasteiger partial charge < -0.3 is 15.2 Å². The van der Waals surface area contributed by atoms with Crippen LogP contribution in [0.3, 0.4) is 0 Å². The van der Waals surface area contributed by atoms with Gasteiger partial charge in [0.2, 0.25) is 5.91 Å². The third-order valence-electron chi connectivity index (χ3n) is 4.44. The molecule has 1 saturated carbocycles. The number of rotatable bonds is 4. The summed E-state index contributed by atoms with van der Waals surface area (Å²) < 4.78 is 5.49. The van der Waals surface area contributed by atoms with Crippen molar-refractivity contribution < 1.29 is 24.2 Å². The van der Waals surface area contributed by atoms with E-state index in [0.29, 0.717) is 11.4 Å². The Labute approximate surface area is 139 Å². The van der Waals surface area contributed by atoms with Gasteiger partial charge >= 0.3 is 5.97 Å². The lowest BCUT2D eigenvalue weighted by atomic mass is 10.1. The minimum atomic E-state index is -1.07. The molecule has 1 aromatic carbocycles. The van der Waals surface area contributed by atoms with E-state index in [4.69, 9.17) is 9.84 Å². The molecule has 0 aromatic heterocycles. The Morgan fingerprint density at radius 1 is 1.33 bits per heavy atom. The van der Waals surface area contributed by atoms with Crippen LogP contribution < -0.4 is 15.0 Å². The van der Waals surface area contributed by atoms with Crippen LogP contribution in [-0.2, 0) is 9.59 Å². The number of ether oxygens (including phenoxy) is 1. The smallest absolute Gasteiger partial charge is 0.335 e. The van der Waals surface area contributed by atoms with Crippen LogP contribution in [0.25, 0.3) is 0 Å². The molecule has 7 nitrogen and oxygen atoms in total. The topological polar surface area (TPSA) is 95.9 Å². The highest BCUT2D eigenvalue weighted by atomic mass is 16.5. The van der Waals surface area contributed by atoms with Crippen LogP contribution in [0.2, 0.25) is 0 Å². The zero-order valence-corrected chi connectivity index (χ0v) is 13.4. The monoisotopic (exact) mass is 332 g/mol. The Balaban J connectivity index is 1.80. The van der Waals surface area contributed by atoms with E-state index in [1.54, 1.807) is 6.92 Å². The van der Waals surface area contributed by atoms with Gasteiger partial charge in [-0.1, -0.05) is 12.8 Å². The Bertz CT molecular complexity index is 682. The van der Waals surface area contributed by atoms with Gasteiger partial charge in [-0.3, -0.25) is 14.5 Å². The minimum Gasteiger partial charge on any atom is -0.479 e. The number of fused-ring (bicyclic) bond motifs is 1. The van der Waals surface area contributed by atoms with E-state index in [0.717, 1.165) is 25.7 Å². The number of carboxylic acid groups (broad SMARTS) is 1. The predicted molar refractivity (Wildman–Crippen MR) is 86.2 cm³/mol. The van der Waals surface area contributed by atoms with Crippen LogP contribution in [0.4, 0.5) is 5.69 Å². The molecule has 1 aromatic rings. The molecular weight excluding hydrogens is 312 g/mol. The molecule has 1 atom stereocenters. The van der Waals surface area contributed by atoms with Gasteiger partial charge in [-0.25, -0.2) is 4.79 Å². The van der Waals surface area contributed by atoms with E-state index < -0.39 is 12.1 Å². The summed E-state index contributed by atoms with van der Waals surface area (Å²) in [6.45, 7) is 1.49. The van der Waals surface area contributed by atoms with Gasteiger partial charge in [-0.05, 0) is 38.0 Å². The van der Waals surface area contributed by atoms with E-state index in [1.807, 2.05) is 0 Å². The molecule has 2 N–H and O–H groups in total. The van der Waals surface area contributed by atoms with Gasteiger partial charge in [0.1, 0.15) is 12.3 Å². The molecule has 2 amide bonds. The molecular formula is C17H20N2O5. The van der Waals surface area contributed by atoms with Crippen molar-refractivity contribution in [1.29, 1.82) is 0 Å². The van der Waals surface area contributed by atoms with Gasteiger partial charge in [0.15, 0.2) is 6.10 Å². The summed E-state index contributed by atoms with van der Waals surface area (Å²) in [4.78, 5) is 37.1. The van der Waals surface area contributed by atoms with Crippen molar-refractivity contribution in [1.82, 2.24) is 5.32 Å². The number of carboxylic acids is 1. The molecule has 128 valence electrons. The van der Waals surface area contributed by atoms with Gasteiger partial charge in [-0.2, -0.15) is 0 Å². The van der Waals surface area contributed by atoms with Crippen LogP contribution >= 0.6 is 0 Å². The maximum Gasteiger partial charge on any atom is 0.335 e. The molecule has 0 saturated heterocycles. The van der Waals surface area contributed by atoms with Crippen molar-refractivity contribution in [2.75, 3.05) is 11.4 Å². The van der Waals surface area contributed by atoms with Crippen molar-refractivity contribution >= 4 is 23.5 Å². The second-order valence-corrected chi connectivity index (χ2v) is 6.22. The SMILES string of the molecule is CC1Oc2cc(C(=O)O)ccc2N(CC(=O)NC2CCCC2)C1=O. The van der Waals surface area contributed by atoms with E-state index in [9.17, 15) is 14.4 Å². The molecule has 1 aliphatic carbocycles. The Morgan fingerprint density at radius 3 is 2.71 bits per heavy atom. The fourth-order valence-corrected chi connectivity index (χ4v) is 3.19. The number of nitrogens with one attached hydrogen (secondary N) is 1. The normalized spacial score (nSPS) is 20.5. The van der Waals surface area contributed by atoms with Crippen LogP contribution in [0, 0.1) is 0 Å². The maximum absolute atomic E-state index is 12.4. The summed E-state index contributed by atoms with van der Waals surface area (Å²) in [6, 6.07) is 4.46. The average Bonchev–Trinajstić information content (AvgIpc) is 3.04. The van der Waals surface area contributed by atoms with Crippen LogP contribution in [0.15, 0.2) is 18.2 Å². The first kappa shape index (κ1) is 16.3. The molecule has 3 rings (SSSR count). The largest absolute Gasteiger partial charge is 0.479 e. The number of aromatic carboxylic acids is 1. The molecule has 7 heteroatoms. The minimum absolute atomic E-state index is 0.0747. The maximum atomic E-state index is 12.4. The zero-order valence-electron chi connectivity index (χ0n) is 13.4. The number of hydrogen-bond donors (Lipinski definition) is 2. The number of nitrogens with zero attached hydrogens (tertiary/aromatic N) is 1. The lowest BCUT2D eigenvalue weighted by Crippen LogP contribution is -2.49. The van der Waals surface area contributed by atoms with Crippen LogP contribution in [-0.4, -0.2) is 41.6 Å². The van der Waals surface area contributed by atoms with E-state index >= 15 is 0 Å². The second kappa shape index (κ2) is 6.51. The lowest BCUT2D eigenvalue weighted by Gasteiger charge is -2.33. The van der Waals surface area contributed by atoms with Gasteiger partial charge in [0.25, 0.3) is 5.91 Å². The second-order valence-electron chi connectivity index (χ2n) is 6.22. The number of carbonyl (C=O) groups excluding carboxylic acids is 2. The van der Waals surface area contributed by atoms with Gasteiger partial charge in [0, 0.05) is 6.04 Å². The summed E-state index contributed by atoms with van der Waals surface area (Å²) in [5.41, 5.74) is 0.496. The van der Waals surface area contributed by atoms with Gasteiger partial charge in [0.05, 0.1) is 11.3 Å². The van der Waals surface area contributed by atoms with Crippen molar-refractivity contribution in [3.8, 4) is 5.75 Å². The number of hydrogen-bond acceptors (Lipinski definition) is 4. The average molecular weight is 332 g/mol. The number of anilines is 1. The van der Waals surface area contributed by atoms with E-state index in [2.05, 4.69) is 5.32 Å². The molecule has 0 bridgehead atoms. The number of benzene rings is 1. The first-order valence-corrected chi connectivity index (χ1v) is 8.10. The highest BCUT2D eigenvalue weighted by Crippen LogP contribution is 2.34. The van der Waals surface area contributed by atoms with Crippen molar-refractivity contribution in [3.05, 3.63) is 23.8 Å². The summed E-state index contributed by atoms with van der Waals surface area (Å²) in [7, 11) is 0. The highest BCUT2D eigenvalue weighted by molar-refractivity contribution is 6.04. The molecule has 0 spiro atoms. The van der Waals surface area contributed by atoms with Crippen molar-refractivity contribution in [2.45, 2.75) is 44.8 Å². The molecule has 1 unspecified atom stereocenters. The van der Waals surface area contributed by atoms with E-state index in [1.165, 1.54) is 23.1 Å². The first-order chi connectivity index (χ1) is 11.5. The Hall–Kier alpha value is -2.57. The standard InChI is InChI=1S/C17H20N2O5/c1-10-16(21)19(9-15(20)18-12-4-2-3-5-12)13-7-6-11(17(22)23)8-14(13)24-10/h6-8,10,12H,2-5,9H2,1H3,(H,18,20)(H,22,23). The zero-order chi connectivity index (χ0) is 17.3. The molecule has 1 fully saturated rings.